The van der Waals surface area contributed by atoms with Gasteiger partial charge in [0, 0.05) is 6.92 Å². The number of carbonyl (C=O) groups excluding carboxylic acids is 2. The number of hydrogen-bond acceptors (Lipinski definition) is 6. The topological polar surface area (TPSA) is 123 Å². The number of aromatic nitrogens is 2. The molecule has 24 heavy (non-hydrogen) atoms. The van der Waals surface area contributed by atoms with E-state index in [1.54, 1.807) is 6.92 Å². The van der Waals surface area contributed by atoms with Gasteiger partial charge in [0.2, 0.25) is 17.7 Å². The van der Waals surface area contributed by atoms with E-state index in [0.717, 1.165) is 32.1 Å². The Bertz CT molecular complexity index is 578. The molecule has 1 aromatic rings. The van der Waals surface area contributed by atoms with Crippen LogP contribution in [0.3, 0.4) is 0 Å². The second-order valence-electron chi connectivity index (χ2n) is 6.82. The molecule has 1 heterocycles. The molecule has 1 aliphatic carbocycles. The van der Waals surface area contributed by atoms with Crippen molar-refractivity contribution in [3.63, 3.8) is 0 Å². The molecule has 2 rings (SSSR count). The molecule has 0 aliphatic heterocycles. The molecule has 0 aromatic carbocycles. The maximum atomic E-state index is 12.3. The van der Waals surface area contributed by atoms with E-state index in [0.29, 0.717) is 11.7 Å². The van der Waals surface area contributed by atoms with Gasteiger partial charge in [-0.15, -0.1) is 0 Å². The normalized spacial score (nSPS) is 18.2. The van der Waals surface area contributed by atoms with Crippen LogP contribution in [0.1, 0.15) is 57.7 Å². The Labute approximate surface area is 141 Å². The van der Waals surface area contributed by atoms with Crippen molar-refractivity contribution in [1.82, 2.24) is 20.8 Å². The van der Waals surface area contributed by atoms with E-state index in [4.69, 9.17) is 10.3 Å². The summed E-state index contributed by atoms with van der Waals surface area (Å²) in [6.07, 6.45) is 4.61. The Balaban J connectivity index is 1.99. The first-order chi connectivity index (χ1) is 11.3. The van der Waals surface area contributed by atoms with Crippen LogP contribution >= 0.6 is 0 Å². The number of rotatable bonds is 6. The van der Waals surface area contributed by atoms with E-state index < -0.39 is 11.6 Å². The average Bonchev–Trinajstić information content (AvgIpc) is 3.00. The molecule has 0 bridgehead atoms. The first-order valence-corrected chi connectivity index (χ1v) is 8.49. The van der Waals surface area contributed by atoms with Crippen molar-refractivity contribution in [3.05, 3.63) is 11.7 Å². The molecule has 0 radical (unpaired) electrons. The number of nitrogens with zero attached hydrogens (tertiary/aromatic N) is 2. The van der Waals surface area contributed by atoms with Gasteiger partial charge in [0.15, 0.2) is 5.82 Å². The maximum absolute atomic E-state index is 12.3. The monoisotopic (exact) mass is 337 g/mol. The molecule has 4 N–H and O–H groups in total. The van der Waals surface area contributed by atoms with Gasteiger partial charge in [-0.1, -0.05) is 38.3 Å². The molecule has 0 spiro atoms. The number of aryl methyl sites for hydroxylation is 1. The summed E-state index contributed by atoms with van der Waals surface area (Å²) in [5.41, 5.74) is 5.16. The van der Waals surface area contributed by atoms with Crippen molar-refractivity contribution in [2.45, 2.75) is 64.5 Å². The van der Waals surface area contributed by atoms with Crippen molar-refractivity contribution >= 4 is 11.8 Å². The maximum Gasteiger partial charge on any atom is 0.240 e. The molecule has 1 aliphatic rings. The van der Waals surface area contributed by atoms with Crippen LogP contribution in [-0.2, 0) is 15.1 Å². The van der Waals surface area contributed by atoms with Crippen LogP contribution in [0.2, 0.25) is 0 Å². The summed E-state index contributed by atoms with van der Waals surface area (Å²) >= 11 is 0. The summed E-state index contributed by atoms with van der Waals surface area (Å²) in [6, 6.07) is -0.624. The van der Waals surface area contributed by atoms with Gasteiger partial charge in [0.25, 0.3) is 0 Å². The number of nitrogens with one attached hydrogen (secondary N) is 2. The lowest BCUT2D eigenvalue weighted by Gasteiger charge is -2.35. The SMILES string of the molecule is Cc1nc(C2(NC(=O)CNC(=O)[C@@H](N)C(C)C)CCCCC2)no1. The molecule has 0 unspecified atom stereocenters. The summed E-state index contributed by atoms with van der Waals surface area (Å²) in [4.78, 5) is 28.5. The summed E-state index contributed by atoms with van der Waals surface area (Å²) in [6.45, 7) is 5.33. The van der Waals surface area contributed by atoms with Crippen LogP contribution in [0.15, 0.2) is 4.52 Å². The Morgan fingerprint density at radius 3 is 2.50 bits per heavy atom. The van der Waals surface area contributed by atoms with Crippen molar-refractivity contribution in [3.8, 4) is 0 Å². The predicted molar refractivity (Wildman–Crippen MR) is 87.8 cm³/mol. The van der Waals surface area contributed by atoms with Crippen molar-refractivity contribution in [1.29, 1.82) is 0 Å². The van der Waals surface area contributed by atoms with Gasteiger partial charge in [-0.3, -0.25) is 9.59 Å². The average molecular weight is 337 g/mol. The Morgan fingerprint density at radius 2 is 1.96 bits per heavy atom. The molecule has 2 amide bonds. The fraction of sp³-hybridized carbons (Fsp3) is 0.750. The number of nitrogens with two attached hydrogens (primary N) is 1. The zero-order chi connectivity index (χ0) is 17.7. The fourth-order valence-electron chi connectivity index (χ4n) is 2.95. The summed E-state index contributed by atoms with van der Waals surface area (Å²) in [5.74, 6) is 0.399. The van der Waals surface area contributed by atoms with Gasteiger partial charge in [0.1, 0.15) is 5.54 Å². The van der Waals surface area contributed by atoms with E-state index in [2.05, 4.69) is 20.8 Å². The van der Waals surface area contributed by atoms with Crippen molar-refractivity contribution < 1.29 is 14.1 Å². The lowest BCUT2D eigenvalue weighted by Crippen LogP contribution is -2.52. The molecule has 1 fully saturated rings. The minimum atomic E-state index is -0.624. The third kappa shape index (κ3) is 4.31. The van der Waals surface area contributed by atoms with Crippen molar-refractivity contribution in [2.75, 3.05) is 6.54 Å². The van der Waals surface area contributed by atoms with E-state index in [9.17, 15) is 9.59 Å². The molecule has 0 saturated heterocycles. The number of carbonyl (C=O) groups is 2. The fourth-order valence-corrected chi connectivity index (χ4v) is 2.95. The highest BCUT2D eigenvalue weighted by Crippen LogP contribution is 2.35. The summed E-state index contributed by atoms with van der Waals surface area (Å²) in [5, 5.41) is 9.60. The largest absolute Gasteiger partial charge is 0.346 e. The van der Waals surface area contributed by atoms with Gasteiger partial charge < -0.3 is 20.9 Å². The van der Waals surface area contributed by atoms with Crippen LogP contribution in [0.25, 0.3) is 0 Å². The zero-order valence-corrected chi connectivity index (χ0v) is 14.6. The molecule has 1 saturated carbocycles. The molecule has 8 heteroatoms. The van der Waals surface area contributed by atoms with Crippen LogP contribution in [-0.4, -0.2) is 34.5 Å². The van der Waals surface area contributed by atoms with Crippen LogP contribution in [0.5, 0.6) is 0 Å². The van der Waals surface area contributed by atoms with Gasteiger partial charge in [-0.25, -0.2) is 0 Å². The molecule has 134 valence electrons. The van der Waals surface area contributed by atoms with Gasteiger partial charge in [-0.2, -0.15) is 4.98 Å². The van der Waals surface area contributed by atoms with E-state index in [-0.39, 0.29) is 24.3 Å². The highest BCUT2D eigenvalue weighted by atomic mass is 16.5. The smallest absolute Gasteiger partial charge is 0.240 e. The standard InChI is InChI=1S/C16H27N5O3/c1-10(2)13(17)14(23)18-9-12(22)20-16(7-5-4-6-8-16)15-19-11(3)24-21-15/h10,13H,4-9,17H2,1-3H3,(H,18,23)(H,20,22)/t13-/m0/s1. The first-order valence-electron chi connectivity index (χ1n) is 8.49. The van der Waals surface area contributed by atoms with Crippen LogP contribution in [0.4, 0.5) is 0 Å². The third-order valence-corrected chi connectivity index (χ3v) is 4.49. The summed E-state index contributed by atoms with van der Waals surface area (Å²) < 4.78 is 5.08. The third-order valence-electron chi connectivity index (χ3n) is 4.49. The van der Waals surface area contributed by atoms with Gasteiger partial charge in [-0.05, 0) is 18.8 Å². The first kappa shape index (κ1) is 18.4. The van der Waals surface area contributed by atoms with E-state index in [1.165, 1.54) is 0 Å². The number of hydrogen-bond donors (Lipinski definition) is 3. The van der Waals surface area contributed by atoms with Crippen LogP contribution < -0.4 is 16.4 Å². The van der Waals surface area contributed by atoms with E-state index >= 15 is 0 Å². The summed E-state index contributed by atoms with van der Waals surface area (Å²) in [7, 11) is 0. The predicted octanol–water partition coefficient (Wildman–Crippen LogP) is 0.753. The zero-order valence-electron chi connectivity index (χ0n) is 14.6. The lowest BCUT2D eigenvalue weighted by molar-refractivity contribution is -0.128. The second-order valence-corrected chi connectivity index (χ2v) is 6.82. The lowest BCUT2D eigenvalue weighted by atomic mass is 9.81. The highest BCUT2D eigenvalue weighted by Gasteiger charge is 2.39. The molecular formula is C16H27N5O3. The molecule has 1 aromatic heterocycles. The van der Waals surface area contributed by atoms with Gasteiger partial charge in [0.05, 0.1) is 12.6 Å². The molecule has 8 nitrogen and oxygen atoms in total. The van der Waals surface area contributed by atoms with Crippen molar-refractivity contribution in [2.24, 2.45) is 11.7 Å². The Morgan fingerprint density at radius 1 is 1.29 bits per heavy atom. The number of amides is 2. The second kappa shape index (κ2) is 7.74. The quantitative estimate of drug-likeness (QED) is 0.704. The van der Waals surface area contributed by atoms with E-state index in [1.807, 2.05) is 13.8 Å². The minimum absolute atomic E-state index is 0.0139. The highest BCUT2D eigenvalue weighted by molar-refractivity contribution is 5.87. The minimum Gasteiger partial charge on any atom is -0.346 e. The molecular weight excluding hydrogens is 310 g/mol. The molecule has 1 atom stereocenters. The van der Waals surface area contributed by atoms with Gasteiger partial charge >= 0.3 is 0 Å². The Hall–Kier alpha value is -1.96. The Kier molecular flexibility index (Phi) is 5.93. The van der Waals surface area contributed by atoms with Crippen LogP contribution in [0, 0.1) is 12.8 Å².